The summed E-state index contributed by atoms with van der Waals surface area (Å²) < 4.78 is 2.60. The van der Waals surface area contributed by atoms with E-state index in [1.807, 2.05) is 0 Å². The fraction of sp³-hybridized carbons (Fsp3) is 0.333. The molecule has 0 aliphatic carbocycles. The highest BCUT2D eigenvalue weighted by atomic mass is 32.1. The van der Waals surface area contributed by atoms with Gasteiger partial charge in [0, 0.05) is 0 Å². The summed E-state index contributed by atoms with van der Waals surface area (Å²) in [6, 6.07) is 0. The van der Waals surface area contributed by atoms with Crippen LogP contribution in [0.5, 0.6) is 0 Å². The fourth-order valence-electron chi connectivity index (χ4n) is 2.09. The van der Waals surface area contributed by atoms with Crippen molar-refractivity contribution in [3.63, 3.8) is 0 Å². The van der Waals surface area contributed by atoms with Gasteiger partial charge in [-0.25, -0.2) is 9.97 Å². The standard InChI is InChI=1S/C12H12N2S2/c1-5-9-12(16-7(3)13-9)6(2)10-11(5)15-8(4)14-10/h1-4H3. The Balaban J connectivity index is 2.63. The minimum Gasteiger partial charge on any atom is -0.241 e. The minimum atomic E-state index is 1.13. The van der Waals surface area contributed by atoms with Gasteiger partial charge in [-0.3, -0.25) is 0 Å². The van der Waals surface area contributed by atoms with Crippen LogP contribution in [0.25, 0.3) is 20.4 Å². The van der Waals surface area contributed by atoms with Gasteiger partial charge in [0.05, 0.1) is 30.4 Å². The van der Waals surface area contributed by atoms with Crippen molar-refractivity contribution in [2.45, 2.75) is 27.7 Å². The Hall–Kier alpha value is -1.00. The van der Waals surface area contributed by atoms with Crippen LogP contribution in [0.4, 0.5) is 0 Å². The smallest absolute Gasteiger partial charge is 0.0908 e. The zero-order chi connectivity index (χ0) is 11.4. The van der Waals surface area contributed by atoms with Gasteiger partial charge >= 0.3 is 0 Å². The Morgan fingerprint density at radius 1 is 0.688 bits per heavy atom. The van der Waals surface area contributed by atoms with Crippen LogP contribution in [-0.2, 0) is 0 Å². The van der Waals surface area contributed by atoms with E-state index in [2.05, 4.69) is 37.7 Å². The first-order chi connectivity index (χ1) is 7.58. The number of nitrogens with zero attached hydrogens (tertiary/aromatic N) is 2. The van der Waals surface area contributed by atoms with Crippen LogP contribution in [-0.4, -0.2) is 9.97 Å². The molecular formula is C12H12N2S2. The predicted molar refractivity (Wildman–Crippen MR) is 71.7 cm³/mol. The molecule has 16 heavy (non-hydrogen) atoms. The first-order valence-electron chi connectivity index (χ1n) is 5.21. The molecule has 0 fully saturated rings. The molecule has 3 aromatic rings. The quantitative estimate of drug-likeness (QED) is 0.597. The maximum atomic E-state index is 4.63. The molecule has 82 valence electrons. The van der Waals surface area contributed by atoms with Crippen LogP contribution in [0.3, 0.4) is 0 Å². The van der Waals surface area contributed by atoms with Gasteiger partial charge in [0.15, 0.2) is 0 Å². The highest BCUT2D eigenvalue weighted by Crippen LogP contribution is 2.37. The lowest BCUT2D eigenvalue weighted by Gasteiger charge is -2.00. The normalized spacial score (nSPS) is 11.8. The van der Waals surface area contributed by atoms with Crippen molar-refractivity contribution in [3.05, 3.63) is 21.1 Å². The molecule has 0 saturated heterocycles. The maximum Gasteiger partial charge on any atom is 0.0908 e. The van der Waals surface area contributed by atoms with Crippen LogP contribution >= 0.6 is 22.7 Å². The summed E-state index contributed by atoms with van der Waals surface area (Å²) in [5.41, 5.74) is 4.89. The molecule has 2 heterocycles. The first kappa shape index (κ1) is 10.2. The highest BCUT2D eigenvalue weighted by molar-refractivity contribution is 7.20. The lowest BCUT2D eigenvalue weighted by atomic mass is 10.1. The largest absolute Gasteiger partial charge is 0.241 e. The van der Waals surface area contributed by atoms with Gasteiger partial charge < -0.3 is 0 Å². The van der Waals surface area contributed by atoms with Crippen molar-refractivity contribution in [2.24, 2.45) is 0 Å². The van der Waals surface area contributed by atoms with Crippen LogP contribution in [0, 0.1) is 27.7 Å². The zero-order valence-electron chi connectivity index (χ0n) is 9.71. The molecule has 3 rings (SSSR count). The van der Waals surface area contributed by atoms with E-state index in [4.69, 9.17) is 0 Å². The molecule has 2 aromatic heterocycles. The summed E-state index contributed by atoms with van der Waals surface area (Å²) in [7, 11) is 0. The lowest BCUT2D eigenvalue weighted by Crippen LogP contribution is -1.83. The van der Waals surface area contributed by atoms with Crippen LogP contribution in [0.1, 0.15) is 21.1 Å². The van der Waals surface area contributed by atoms with Crippen molar-refractivity contribution in [1.29, 1.82) is 0 Å². The predicted octanol–water partition coefficient (Wildman–Crippen LogP) is 4.14. The molecule has 0 spiro atoms. The third kappa shape index (κ3) is 1.23. The number of thiazole rings is 2. The summed E-state index contributed by atoms with van der Waals surface area (Å²) in [6.45, 7) is 8.44. The average Bonchev–Trinajstić information content (AvgIpc) is 2.78. The number of rotatable bonds is 0. The van der Waals surface area contributed by atoms with E-state index in [1.54, 1.807) is 22.7 Å². The van der Waals surface area contributed by atoms with E-state index in [1.165, 1.54) is 20.5 Å². The second kappa shape index (κ2) is 3.25. The molecule has 0 unspecified atom stereocenters. The molecule has 0 aliphatic rings. The van der Waals surface area contributed by atoms with E-state index >= 15 is 0 Å². The summed E-state index contributed by atoms with van der Waals surface area (Å²) >= 11 is 3.54. The summed E-state index contributed by atoms with van der Waals surface area (Å²) in [6.07, 6.45) is 0. The van der Waals surface area contributed by atoms with Gasteiger partial charge in [0.25, 0.3) is 0 Å². The number of hydrogen-bond acceptors (Lipinski definition) is 4. The molecule has 2 nitrogen and oxygen atoms in total. The van der Waals surface area contributed by atoms with Gasteiger partial charge in [-0.05, 0) is 38.8 Å². The molecular weight excluding hydrogens is 236 g/mol. The summed E-state index contributed by atoms with van der Waals surface area (Å²) in [5.74, 6) is 0. The Morgan fingerprint density at radius 2 is 1.06 bits per heavy atom. The van der Waals surface area contributed by atoms with Crippen molar-refractivity contribution < 1.29 is 0 Å². The Morgan fingerprint density at radius 3 is 1.44 bits per heavy atom. The number of aryl methyl sites for hydroxylation is 4. The van der Waals surface area contributed by atoms with Gasteiger partial charge in [0.1, 0.15) is 0 Å². The Kier molecular flexibility index (Phi) is 2.06. The second-order valence-electron chi connectivity index (χ2n) is 4.07. The number of aromatic nitrogens is 2. The fourth-order valence-corrected chi connectivity index (χ4v) is 4.04. The van der Waals surface area contributed by atoms with E-state index in [-0.39, 0.29) is 0 Å². The zero-order valence-corrected chi connectivity index (χ0v) is 11.3. The molecule has 0 bridgehead atoms. The van der Waals surface area contributed by atoms with E-state index in [0.717, 1.165) is 21.0 Å². The van der Waals surface area contributed by atoms with Gasteiger partial charge in [-0.2, -0.15) is 0 Å². The van der Waals surface area contributed by atoms with Crippen molar-refractivity contribution >= 4 is 43.1 Å². The summed E-state index contributed by atoms with van der Waals surface area (Å²) in [4.78, 5) is 9.26. The molecule has 1 aromatic carbocycles. The van der Waals surface area contributed by atoms with Gasteiger partial charge in [-0.1, -0.05) is 0 Å². The lowest BCUT2D eigenvalue weighted by molar-refractivity contribution is 1.32. The maximum absolute atomic E-state index is 4.63. The number of hydrogen-bond donors (Lipinski definition) is 0. The topological polar surface area (TPSA) is 25.8 Å². The second-order valence-corrected chi connectivity index (χ2v) is 6.48. The third-order valence-electron chi connectivity index (χ3n) is 2.86. The van der Waals surface area contributed by atoms with E-state index in [9.17, 15) is 0 Å². The highest BCUT2D eigenvalue weighted by Gasteiger charge is 2.15. The van der Waals surface area contributed by atoms with Crippen molar-refractivity contribution in [1.82, 2.24) is 9.97 Å². The monoisotopic (exact) mass is 248 g/mol. The van der Waals surface area contributed by atoms with E-state index < -0.39 is 0 Å². The molecule has 0 aliphatic heterocycles. The minimum absolute atomic E-state index is 1.13. The molecule has 0 saturated carbocycles. The molecule has 0 radical (unpaired) electrons. The van der Waals surface area contributed by atoms with Crippen molar-refractivity contribution in [2.75, 3.05) is 0 Å². The first-order valence-corrected chi connectivity index (χ1v) is 6.84. The average molecular weight is 248 g/mol. The van der Waals surface area contributed by atoms with Crippen LogP contribution in [0.15, 0.2) is 0 Å². The van der Waals surface area contributed by atoms with E-state index in [0.29, 0.717) is 0 Å². The molecule has 0 amide bonds. The molecule has 4 heteroatoms. The molecule has 0 N–H and O–H groups in total. The van der Waals surface area contributed by atoms with Crippen LogP contribution in [0.2, 0.25) is 0 Å². The van der Waals surface area contributed by atoms with Crippen LogP contribution < -0.4 is 0 Å². The SMILES string of the molecule is Cc1nc2c(C)c3sc(C)nc3c(C)c2s1. The Bertz CT molecular complexity index is 592. The molecule has 0 atom stereocenters. The third-order valence-corrected chi connectivity index (χ3v) is 5.04. The van der Waals surface area contributed by atoms with Crippen molar-refractivity contribution in [3.8, 4) is 0 Å². The van der Waals surface area contributed by atoms with Gasteiger partial charge in [-0.15, -0.1) is 22.7 Å². The Labute approximate surface area is 102 Å². The number of fused-ring (bicyclic) bond motifs is 2. The number of benzene rings is 1. The van der Waals surface area contributed by atoms with Gasteiger partial charge in [0.2, 0.25) is 0 Å². The summed E-state index contributed by atoms with van der Waals surface area (Å²) in [5, 5.41) is 2.27.